The van der Waals surface area contributed by atoms with Gasteiger partial charge in [-0.3, -0.25) is 0 Å². The van der Waals surface area contributed by atoms with Gasteiger partial charge in [-0.15, -0.1) is 5.10 Å². The van der Waals surface area contributed by atoms with E-state index in [1.54, 1.807) is 0 Å². The molecule has 2 N–H and O–H groups in total. The van der Waals surface area contributed by atoms with Gasteiger partial charge in [-0.25, -0.2) is 8.42 Å². The number of hydrogen-bond donors (Lipinski definition) is 2. The smallest absolute Gasteiger partial charge is 0.249 e. The van der Waals surface area contributed by atoms with Crippen LogP contribution in [0.5, 0.6) is 0 Å². The van der Waals surface area contributed by atoms with Gasteiger partial charge in [-0.2, -0.15) is 10.1 Å². The van der Waals surface area contributed by atoms with E-state index in [2.05, 4.69) is 25.8 Å². The fraction of sp³-hybridized carbons (Fsp3) is 0.308. The summed E-state index contributed by atoms with van der Waals surface area (Å²) in [6, 6.07) is 9.40. The summed E-state index contributed by atoms with van der Waals surface area (Å²) in [4.78, 5) is 4.29. The van der Waals surface area contributed by atoms with Crippen molar-refractivity contribution in [3.8, 4) is 0 Å². The molecule has 2 heterocycles. The number of rotatable bonds is 4. The molecule has 0 radical (unpaired) electrons. The van der Waals surface area contributed by atoms with Gasteiger partial charge < -0.3 is 10.6 Å². The summed E-state index contributed by atoms with van der Waals surface area (Å²) in [5, 5.41) is 13.9. The zero-order valence-corrected chi connectivity index (χ0v) is 12.0. The van der Waals surface area contributed by atoms with Crippen molar-refractivity contribution in [2.75, 3.05) is 22.1 Å². The number of nitrogens with zero attached hydrogens (tertiary/aromatic N) is 3. The van der Waals surface area contributed by atoms with E-state index in [0.717, 1.165) is 5.69 Å². The third kappa shape index (κ3) is 3.66. The van der Waals surface area contributed by atoms with E-state index in [4.69, 9.17) is 0 Å². The fourth-order valence-corrected chi connectivity index (χ4v) is 3.87. The molecule has 1 unspecified atom stereocenters. The average Bonchev–Trinajstić information content (AvgIpc) is 2.79. The lowest BCUT2D eigenvalue weighted by molar-refractivity contribution is 0.602. The lowest BCUT2D eigenvalue weighted by atomic mass is 10.3. The molecule has 1 aliphatic heterocycles. The Hall–Kier alpha value is -2.22. The normalized spacial score (nSPS) is 20.1. The van der Waals surface area contributed by atoms with Gasteiger partial charge in [0.15, 0.2) is 15.7 Å². The van der Waals surface area contributed by atoms with E-state index in [-0.39, 0.29) is 17.5 Å². The van der Waals surface area contributed by atoms with Crippen LogP contribution in [0.1, 0.15) is 6.42 Å². The van der Waals surface area contributed by atoms with Crippen LogP contribution >= 0.6 is 0 Å². The van der Waals surface area contributed by atoms with Crippen molar-refractivity contribution in [3.05, 3.63) is 36.5 Å². The molecule has 1 aliphatic rings. The Bertz CT molecular complexity index is 720. The van der Waals surface area contributed by atoms with Crippen LogP contribution in [0.25, 0.3) is 0 Å². The third-order valence-electron chi connectivity index (χ3n) is 3.17. The highest BCUT2D eigenvalue weighted by Crippen LogP contribution is 2.17. The summed E-state index contributed by atoms with van der Waals surface area (Å²) < 4.78 is 22.9. The van der Waals surface area contributed by atoms with Crippen molar-refractivity contribution < 1.29 is 8.42 Å². The molecule has 110 valence electrons. The maximum Gasteiger partial charge on any atom is 0.249 e. The van der Waals surface area contributed by atoms with Gasteiger partial charge in [0.05, 0.1) is 17.7 Å². The summed E-state index contributed by atoms with van der Waals surface area (Å²) >= 11 is 0. The summed E-state index contributed by atoms with van der Waals surface area (Å²) in [5.74, 6) is 1.24. The number of sulfone groups is 1. The van der Waals surface area contributed by atoms with Gasteiger partial charge in [0.25, 0.3) is 0 Å². The number of hydrogen-bond acceptors (Lipinski definition) is 7. The largest absolute Gasteiger partial charge is 0.365 e. The highest BCUT2D eigenvalue weighted by atomic mass is 32.2. The van der Waals surface area contributed by atoms with E-state index in [1.807, 2.05) is 30.3 Å². The molecule has 7 nitrogen and oxygen atoms in total. The van der Waals surface area contributed by atoms with Gasteiger partial charge in [0.1, 0.15) is 0 Å². The molecule has 1 aromatic carbocycles. The molecule has 0 amide bonds. The summed E-state index contributed by atoms with van der Waals surface area (Å²) in [5.41, 5.74) is 0.861. The van der Waals surface area contributed by atoms with Gasteiger partial charge >= 0.3 is 0 Å². The highest BCUT2D eigenvalue weighted by molar-refractivity contribution is 7.91. The first-order chi connectivity index (χ1) is 10.1. The summed E-state index contributed by atoms with van der Waals surface area (Å²) in [6.07, 6.45) is 2.08. The second-order valence-electron chi connectivity index (χ2n) is 4.90. The number of para-hydroxylation sites is 1. The van der Waals surface area contributed by atoms with Crippen molar-refractivity contribution in [1.29, 1.82) is 0 Å². The Labute approximate surface area is 122 Å². The molecule has 0 saturated carbocycles. The van der Waals surface area contributed by atoms with Crippen LogP contribution < -0.4 is 10.6 Å². The Morgan fingerprint density at radius 1 is 1.19 bits per heavy atom. The minimum Gasteiger partial charge on any atom is -0.365 e. The quantitative estimate of drug-likeness (QED) is 0.876. The molecule has 21 heavy (non-hydrogen) atoms. The van der Waals surface area contributed by atoms with Crippen molar-refractivity contribution in [3.63, 3.8) is 0 Å². The Morgan fingerprint density at radius 2 is 2.00 bits per heavy atom. The Balaban J connectivity index is 1.69. The number of benzene rings is 1. The number of nitrogens with one attached hydrogen (secondary N) is 2. The standard InChI is InChI=1S/C13H15N5O2S/c19-21(20)7-6-11(9-21)15-12-8-14-18-13(17-12)16-10-4-2-1-3-5-10/h1-5,8,11H,6-7,9H2,(H2,15,16,17,18). The average molecular weight is 305 g/mol. The molecule has 1 saturated heterocycles. The monoisotopic (exact) mass is 305 g/mol. The first-order valence-corrected chi connectivity index (χ1v) is 8.42. The summed E-state index contributed by atoms with van der Waals surface area (Å²) in [7, 11) is -2.92. The molecule has 0 aliphatic carbocycles. The highest BCUT2D eigenvalue weighted by Gasteiger charge is 2.28. The van der Waals surface area contributed by atoms with Crippen molar-refractivity contribution in [2.45, 2.75) is 12.5 Å². The first kappa shape index (κ1) is 13.7. The van der Waals surface area contributed by atoms with Gasteiger partial charge in [-0.1, -0.05) is 18.2 Å². The van der Waals surface area contributed by atoms with Gasteiger partial charge in [0.2, 0.25) is 5.95 Å². The van der Waals surface area contributed by atoms with Crippen LogP contribution in [-0.4, -0.2) is 41.1 Å². The molecule has 1 atom stereocenters. The van der Waals surface area contributed by atoms with Crippen LogP contribution in [0, 0.1) is 0 Å². The van der Waals surface area contributed by atoms with Gasteiger partial charge in [0, 0.05) is 11.7 Å². The predicted molar refractivity (Wildman–Crippen MR) is 80.2 cm³/mol. The lowest BCUT2D eigenvalue weighted by Crippen LogP contribution is -2.21. The fourth-order valence-electron chi connectivity index (χ4n) is 2.19. The molecule has 3 rings (SSSR count). The molecule has 1 fully saturated rings. The van der Waals surface area contributed by atoms with E-state index in [9.17, 15) is 8.42 Å². The molecule has 8 heteroatoms. The lowest BCUT2D eigenvalue weighted by Gasteiger charge is -2.11. The Morgan fingerprint density at radius 3 is 2.71 bits per heavy atom. The first-order valence-electron chi connectivity index (χ1n) is 6.59. The van der Waals surface area contributed by atoms with E-state index in [0.29, 0.717) is 18.2 Å². The SMILES string of the molecule is O=S1(=O)CCC(Nc2cnnc(Nc3ccccc3)n2)C1. The van der Waals surface area contributed by atoms with E-state index in [1.165, 1.54) is 6.20 Å². The zero-order chi connectivity index (χ0) is 14.7. The van der Waals surface area contributed by atoms with Crippen LogP contribution in [-0.2, 0) is 9.84 Å². The number of anilines is 3. The summed E-state index contributed by atoms with van der Waals surface area (Å²) in [6.45, 7) is 0. The minimum absolute atomic E-state index is 0.115. The van der Waals surface area contributed by atoms with Crippen LogP contribution in [0.4, 0.5) is 17.5 Å². The second-order valence-corrected chi connectivity index (χ2v) is 7.13. The minimum atomic E-state index is -2.92. The van der Waals surface area contributed by atoms with Gasteiger partial charge in [-0.05, 0) is 18.6 Å². The van der Waals surface area contributed by atoms with E-state index >= 15 is 0 Å². The molecular formula is C13H15N5O2S. The molecule has 0 spiro atoms. The molecular weight excluding hydrogens is 290 g/mol. The number of aromatic nitrogens is 3. The van der Waals surface area contributed by atoms with Crippen LogP contribution in [0.2, 0.25) is 0 Å². The third-order valence-corrected chi connectivity index (χ3v) is 4.94. The van der Waals surface area contributed by atoms with Crippen molar-refractivity contribution in [1.82, 2.24) is 15.2 Å². The zero-order valence-electron chi connectivity index (χ0n) is 11.2. The molecule has 0 bridgehead atoms. The maximum absolute atomic E-state index is 11.4. The molecule has 1 aromatic heterocycles. The maximum atomic E-state index is 11.4. The topological polar surface area (TPSA) is 96.9 Å². The Kier molecular flexibility index (Phi) is 3.70. The van der Waals surface area contributed by atoms with E-state index < -0.39 is 9.84 Å². The van der Waals surface area contributed by atoms with Crippen molar-refractivity contribution >= 4 is 27.3 Å². The van der Waals surface area contributed by atoms with Crippen LogP contribution in [0.15, 0.2) is 36.5 Å². The second kappa shape index (κ2) is 5.65. The van der Waals surface area contributed by atoms with Crippen molar-refractivity contribution in [2.24, 2.45) is 0 Å². The predicted octanol–water partition coefficient (Wildman–Crippen LogP) is 1.21. The molecule has 2 aromatic rings. The van der Waals surface area contributed by atoms with Crippen LogP contribution in [0.3, 0.4) is 0 Å².